The molecule has 1 amide bonds. The van der Waals surface area contributed by atoms with Crippen molar-refractivity contribution in [2.24, 2.45) is 0 Å². The van der Waals surface area contributed by atoms with Crippen LogP contribution in [0.4, 0.5) is 4.79 Å². The SMILES string of the molecule is C[C@@H]1CC(O)(COS(C)(=O)=O)CN1C(=O)OC(C)(C)C. The summed E-state index contributed by atoms with van der Waals surface area (Å²) in [5.74, 6) is 0. The van der Waals surface area contributed by atoms with E-state index < -0.39 is 27.4 Å². The number of amides is 1. The molecule has 0 spiro atoms. The second kappa shape index (κ2) is 5.50. The van der Waals surface area contributed by atoms with E-state index in [0.29, 0.717) is 0 Å². The predicted molar refractivity (Wildman–Crippen MR) is 72.8 cm³/mol. The predicted octanol–water partition coefficient (Wildman–Crippen LogP) is 0.723. The molecule has 20 heavy (non-hydrogen) atoms. The number of nitrogens with zero attached hydrogens (tertiary/aromatic N) is 1. The van der Waals surface area contributed by atoms with Gasteiger partial charge in [0.05, 0.1) is 19.4 Å². The quantitative estimate of drug-likeness (QED) is 0.772. The van der Waals surface area contributed by atoms with Crippen LogP contribution in [0.25, 0.3) is 0 Å². The molecule has 1 unspecified atom stereocenters. The van der Waals surface area contributed by atoms with E-state index in [-0.39, 0.29) is 25.6 Å². The maximum Gasteiger partial charge on any atom is 0.410 e. The van der Waals surface area contributed by atoms with Crippen molar-refractivity contribution in [3.8, 4) is 0 Å². The smallest absolute Gasteiger partial charge is 0.410 e. The number of hydrogen-bond donors (Lipinski definition) is 1. The summed E-state index contributed by atoms with van der Waals surface area (Å²) in [6, 6.07) is -0.252. The van der Waals surface area contributed by atoms with Crippen LogP contribution in [0, 0.1) is 0 Å². The zero-order valence-electron chi connectivity index (χ0n) is 12.5. The summed E-state index contributed by atoms with van der Waals surface area (Å²) in [5, 5.41) is 10.3. The summed E-state index contributed by atoms with van der Waals surface area (Å²) in [4.78, 5) is 13.4. The highest BCUT2D eigenvalue weighted by atomic mass is 32.2. The fraction of sp³-hybridized carbons (Fsp3) is 0.917. The van der Waals surface area contributed by atoms with Crippen molar-refractivity contribution in [1.82, 2.24) is 4.90 Å². The Balaban J connectivity index is 2.68. The van der Waals surface area contributed by atoms with Crippen LogP contribution >= 0.6 is 0 Å². The fourth-order valence-corrected chi connectivity index (χ4v) is 2.52. The molecule has 2 atom stereocenters. The van der Waals surface area contributed by atoms with Gasteiger partial charge in [0, 0.05) is 12.5 Å². The van der Waals surface area contributed by atoms with Crippen LogP contribution in [0.3, 0.4) is 0 Å². The van der Waals surface area contributed by atoms with E-state index in [0.717, 1.165) is 6.26 Å². The molecule has 7 nitrogen and oxygen atoms in total. The lowest BCUT2D eigenvalue weighted by atomic mass is 10.0. The molecule has 8 heteroatoms. The Hall–Kier alpha value is -0.860. The standard InChI is InChI=1S/C12H23NO6S/c1-9-6-12(15,8-18-20(5,16)17)7-13(9)10(14)19-11(2,3)4/h9,15H,6-8H2,1-5H3/t9-,12?/m1/s1. The molecule has 0 bridgehead atoms. The largest absolute Gasteiger partial charge is 0.444 e. The summed E-state index contributed by atoms with van der Waals surface area (Å²) >= 11 is 0. The van der Waals surface area contributed by atoms with E-state index in [1.807, 2.05) is 0 Å². The van der Waals surface area contributed by atoms with Crippen molar-refractivity contribution in [3.05, 3.63) is 0 Å². The Morgan fingerprint density at radius 1 is 1.45 bits per heavy atom. The van der Waals surface area contributed by atoms with Gasteiger partial charge in [0.15, 0.2) is 0 Å². The number of β-amino-alcohol motifs (C(OH)–C–C–N with tert-alkyl or cyclic N) is 1. The van der Waals surface area contributed by atoms with Gasteiger partial charge in [-0.2, -0.15) is 8.42 Å². The van der Waals surface area contributed by atoms with Crippen LogP contribution in [0.15, 0.2) is 0 Å². The lowest BCUT2D eigenvalue weighted by molar-refractivity contribution is -0.00413. The molecule has 1 aliphatic heterocycles. The maximum atomic E-state index is 12.0. The molecule has 0 radical (unpaired) electrons. The van der Waals surface area contributed by atoms with E-state index in [2.05, 4.69) is 4.18 Å². The Labute approximate surface area is 120 Å². The summed E-state index contributed by atoms with van der Waals surface area (Å²) in [7, 11) is -3.63. The normalized spacial score (nSPS) is 27.7. The Bertz CT molecular complexity index is 469. The van der Waals surface area contributed by atoms with Gasteiger partial charge >= 0.3 is 6.09 Å². The maximum absolute atomic E-state index is 12.0. The zero-order valence-corrected chi connectivity index (χ0v) is 13.4. The van der Waals surface area contributed by atoms with Crippen molar-refractivity contribution in [1.29, 1.82) is 0 Å². The van der Waals surface area contributed by atoms with Crippen LogP contribution < -0.4 is 0 Å². The first kappa shape index (κ1) is 17.2. The number of carbonyl (C=O) groups is 1. The van der Waals surface area contributed by atoms with Crippen molar-refractivity contribution < 1.29 is 27.2 Å². The lowest BCUT2D eigenvalue weighted by Gasteiger charge is -2.27. The second-order valence-corrected chi connectivity index (χ2v) is 8.00. The highest BCUT2D eigenvalue weighted by molar-refractivity contribution is 7.85. The molecule has 118 valence electrons. The highest BCUT2D eigenvalue weighted by Crippen LogP contribution is 2.29. The summed E-state index contributed by atoms with van der Waals surface area (Å²) in [6.45, 7) is 6.65. The van der Waals surface area contributed by atoms with E-state index in [4.69, 9.17) is 4.74 Å². The van der Waals surface area contributed by atoms with Gasteiger partial charge in [-0.3, -0.25) is 4.18 Å². The molecule has 1 heterocycles. The van der Waals surface area contributed by atoms with Gasteiger partial charge in [-0.25, -0.2) is 4.79 Å². The molecule has 0 aliphatic carbocycles. The molecule has 1 rings (SSSR count). The molecular formula is C12H23NO6S. The average molecular weight is 309 g/mol. The van der Waals surface area contributed by atoms with Crippen molar-refractivity contribution in [3.63, 3.8) is 0 Å². The minimum Gasteiger partial charge on any atom is -0.444 e. The molecule has 0 saturated carbocycles. The first-order valence-electron chi connectivity index (χ1n) is 6.38. The van der Waals surface area contributed by atoms with Gasteiger partial charge in [0.2, 0.25) is 0 Å². The topological polar surface area (TPSA) is 93.1 Å². The molecule has 1 N–H and O–H groups in total. The fourth-order valence-electron chi connectivity index (χ4n) is 2.08. The number of carbonyl (C=O) groups excluding carboxylic acids is 1. The third-order valence-electron chi connectivity index (χ3n) is 2.84. The molecule has 1 aliphatic rings. The van der Waals surface area contributed by atoms with Crippen LogP contribution in [-0.2, 0) is 19.0 Å². The minimum absolute atomic E-state index is 0.0153. The summed E-state index contributed by atoms with van der Waals surface area (Å²) in [5.41, 5.74) is -2.00. The van der Waals surface area contributed by atoms with Gasteiger partial charge < -0.3 is 14.7 Å². The molecule has 0 aromatic heterocycles. The first-order valence-corrected chi connectivity index (χ1v) is 8.19. The van der Waals surface area contributed by atoms with E-state index >= 15 is 0 Å². The monoisotopic (exact) mass is 309 g/mol. The second-order valence-electron chi connectivity index (χ2n) is 6.35. The van der Waals surface area contributed by atoms with Crippen LogP contribution in [0.5, 0.6) is 0 Å². The van der Waals surface area contributed by atoms with Crippen LogP contribution in [0.2, 0.25) is 0 Å². The van der Waals surface area contributed by atoms with Gasteiger partial charge in [-0.15, -0.1) is 0 Å². The third-order valence-corrected chi connectivity index (χ3v) is 3.39. The Morgan fingerprint density at radius 3 is 2.45 bits per heavy atom. The number of ether oxygens (including phenoxy) is 1. The lowest BCUT2D eigenvalue weighted by Crippen LogP contribution is -2.42. The van der Waals surface area contributed by atoms with Crippen LogP contribution in [0.1, 0.15) is 34.1 Å². The number of likely N-dealkylation sites (tertiary alicyclic amines) is 1. The Kier molecular flexibility index (Phi) is 4.72. The van der Waals surface area contributed by atoms with Crippen molar-refractivity contribution >= 4 is 16.2 Å². The molecule has 1 fully saturated rings. The number of hydrogen-bond acceptors (Lipinski definition) is 6. The van der Waals surface area contributed by atoms with Crippen molar-refractivity contribution in [2.75, 3.05) is 19.4 Å². The van der Waals surface area contributed by atoms with Gasteiger partial charge in [-0.1, -0.05) is 0 Å². The molecule has 1 saturated heterocycles. The van der Waals surface area contributed by atoms with E-state index in [1.165, 1.54) is 4.90 Å². The zero-order chi connectivity index (χ0) is 15.8. The number of rotatable bonds is 3. The molecular weight excluding hydrogens is 286 g/mol. The number of aliphatic hydroxyl groups is 1. The van der Waals surface area contributed by atoms with E-state index in [9.17, 15) is 18.3 Å². The van der Waals surface area contributed by atoms with E-state index in [1.54, 1.807) is 27.7 Å². The Morgan fingerprint density at radius 2 is 2.00 bits per heavy atom. The summed E-state index contributed by atoms with van der Waals surface area (Å²) < 4.78 is 31.8. The summed E-state index contributed by atoms with van der Waals surface area (Å²) in [6.07, 6.45) is 0.627. The van der Waals surface area contributed by atoms with Crippen LogP contribution in [-0.4, -0.2) is 61.2 Å². The molecule has 0 aromatic rings. The third kappa shape index (κ3) is 5.26. The van der Waals surface area contributed by atoms with Gasteiger partial charge in [0.25, 0.3) is 10.1 Å². The molecule has 0 aromatic carbocycles. The van der Waals surface area contributed by atoms with Crippen molar-refractivity contribution in [2.45, 2.75) is 51.4 Å². The van der Waals surface area contributed by atoms with Gasteiger partial charge in [-0.05, 0) is 27.7 Å². The first-order chi connectivity index (χ1) is 8.81. The minimum atomic E-state index is -3.63. The average Bonchev–Trinajstić information content (AvgIpc) is 2.49. The van der Waals surface area contributed by atoms with Gasteiger partial charge in [0.1, 0.15) is 11.2 Å². The highest BCUT2D eigenvalue weighted by Gasteiger charge is 2.45.